The monoisotopic (exact) mass is 443 g/mol. The van der Waals surface area contributed by atoms with Crippen LogP contribution in [0.25, 0.3) is 0 Å². The van der Waals surface area contributed by atoms with Crippen LogP contribution in [-0.4, -0.2) is 64.3 Å². The molecule has 3 amide bonds. The number of nitrogens with zero attached hydrogens (tertiary/aromatic N) is 3. The van der Waals surface area contributed by atoms with Crippen molar-refractivity contribution >= 4 is 27.7 Å². The summed E-state index contributed by atoms with van der Waals surface area (Å²) in [4.78, 5) is 39.3. The average Bonchev–Trinajstić information content (AvgIpc) is 2.97. The predicted octanol–water partition coefficient (Wildman–Crippen LogP) is 1.64. The second-order valence-electron chi connectivity index (χ2n) is 10.3. The number of benzene rings is 1. The molecule has 2 aliphatic carbocycles. The van der Waals surface area contributed by atoms with Gasteiger partial charge in [-0.15, -0.1) is 0 Å². The van der Waals surface area contributed by atoms with Gasteiger partial charge >= 0.3 is 0 Å². The van der Waals surface area contributed by atoms with Crippen LogP contribution in [0.15, 0.2) is 24.3 Å². The van der Waals surface area contributed by atoms with E-state index in [1.54, 1.807) is 31.2 Å². The van der Waals surface area contributed by atoms with Crippen LogP contribution in [0, 0.1) is 16.7 Å². The Morgan fingerprint density at radius 2 is 1.71 bits per heavy atom. The van der Waals surface area contributed by atoms with Crippen LogP contribution < -0.4 is 0 Å². The molecule has 0 N–H and O–H groups in total. The van der Waals surface area contributed by atoms with Crippen molar-refractivity contribution in [2.45, 2.75) is 58.2 Å². The highest BCUT2D eigenvalue weighted by Gasteiger charge is 2.74. The fourth-order valence-electron chi connectivity index (χ4n) is 7.06. The zero-order valence-electron chi connectivity index (χ0n) is 17.7. The summed E-state index contributed by atoms with van der Waals surface area (Å²) in [5.41, 5.74) is 0.0858. The van der Waals surface area contributed by atoms with Gasteiger partial charge in [-0.25, -0.2) is 17.7 Å². The fraction of sp³-hybridized carbons (Fsp3) is 0.591. The standard InChI is InChI=1S/C22H25N3O5S/c1-12-17(23(12)24-18(26)14-6-4-5-7-15(14)19(24)27)20(28)25-16-10-13-8-9-22(16,21(13,2)3)11-31(25,29)30/h4-7,12-13,16-17H,8-11H2,1-3H3/t12-,13+,16+,17+,22+,23?/m0/s1. The molecule has 0 radical (unpaired) electrons. The lowest BCUT2D eigenvalue weighted by molar-refractivity contribution is -0.130. The maximum atomic E-state index is 13.6. The number of sulfonamides is 1. The molecule has 1 aromatic carbocycles. The van der Waals surface area contributed by atoms with E-state index < -0.39 is 45.2 Å². The predicted molar refractivity (Wildman–Crippen MR) is 110 cm³/mol. The second-order valence-corrected chi connectivity index (χ2v) is 12.1. The highest BCUT2D eigenvalue weighted by molar-refractivity contribution is 7.90. The number of fused-ring (bicyclic) bond motifs is 2. The number of amides is 3. The number of carbonyl (C=O) groups is 3. The summed E-state index contributed by atoms with van der Waals surface area (Å²) < 4.78 is 27.5. The second kappa shape index (κ2) is 5.56. The molecule has 0 aromatic heterocycles. The lowest BCUT2D eigenvalue weighted by atomic mass is 9.69. The molecule has 6 atom stereocenters. The van der Waals surface area contributed by atoms with Crippen molar-refractivity contribution in [2.75, 3.05) is 5.75 Å². The van der Waals surface area contributed by atoms with Crippen LogP contribution in [0.4, 0.5) is 0 Å². The average molecular weight is 444 g/mol. The van der Waals surface area contributed by atoms with E-state index in [1.807, 2.05) is 0 Å². The van der Waals surface area contributed by atoms with Gasteiger partial charge in [0.05, 0.1) is 29.0 Å². The first-order chi connectivity index (χ1) is 14.5. The minimum absolute atomic E-state index is 0.00796. The topological polar surface area (TPSA) is 94.8 Å². The minimum atomic E-state index is -3.75. The Bertz CT molecular complexity index is 1140. The third-order valence-electron chi connectivity index (χ3n) is 8.95. The van der Waals surface area contributed by atoms with E-state index in [1.165, 1.54) is 5.01 Å². The van der Waals surface area contributed by atoms with Crippen LogP contribution >= 0.6 is 0 Å². The number of rotatable bonds is 2. The number of hydrazine groups is 1. The maximum Gasteiger partial charge on any atom is 0.276 e. The van der Waals surface area contributed by atoms with E-state index in [9.17, 15) is 22.8 Å². The van der Waals surface area contributed by atoms with E-state index in [0.717, 1.165) is 22.2 Å². The molecule has 8 nitrogen and oxygen atoms in total. The molecule has 9 heteroatoms. The van der Waals surface area contributed by atoms with E-state index in [-0.39, 0.29) is 17.2 Å². The molecule has 2 bridgehead atoms. The molecule has 3 heterocycles. The number of hydrogen-bond acceptors (Lipinski definition) is 6. The molecular weight excluding hydrogens is 418 g/mol. The molecular formula is C22H25N3O5S. The van der Waals surface area contributed by atoms with Gasteiger partial charge in [0.15, 0.2) is 0 Å². The molecule has 31 heavy (non-hydrogen) atoms. The molecule has 4 fully saturated rings. The molecule has 1 unspecified atom stereocenters. The smallest absolute Gasteiger partial charge is 0.272 e. The first-order valence-corrected chi connectivity index (χ1v) is 12.5. The summed E-state index contributed by atoms with van der Waals surface area (Å²) in [5.74, 6) is -1.02. The molecule has 5 aliphatic rings. The van der Waals surface area contributed by atoms with Gasteiger partial charge in [-0.1, -0.05) is 26.0 Å². The van der Waals surface area contributed by atoms with Crippen molar-refractivity contribution in [1.82, 2.24) is 14.3 Å². The number of carbonyl (C=O) groups excluding carboxylic acids is 3. The van der Waals surface area contributed by atoms with Crippen molar-refractivity contribution in [3.63, 3.8) is 0 Å². The molecule has 2 saturated carbocycles. The van der Waals surface area contributed by atoms with Crippen molar-refractivity contribution < 1.29 is 22.8 Å². The summed E-state index contributed by atoms with van der Waals surface area (Å²) in [6.07, 6.45) is 2.52. The Morgan fingerprint density at radius 1 is 1.10 bits per heavy atom. The van der Waals surface area contributed by atoms with Gasteiger partial charge in [-0.05, 0) is 49.7 Å². The van der Waals surface area contributed by atoms with Crippen LogP contribution in [0.3, 0.4) is 0 Å². The van der Waals surface area contributed by atoms with E-state index >= 15 is 0 Å². The van der Waals surface area contributed by atoms with Gasteiger partial charge in [-0.2, -0.15) is 5.01 Å². The summed E-state index contributed by atoms with van der Waals surface area (Å²) in [6, 6.07) is 4.99. The van der Waals surface area contributed by atoms with Gasteiger partial charge in [0.1, 0.15) is 6.04 Å². The Balaban J connectivity index is 1.32. The summed E-state index contributed by atoms with van der Waals surface area (Å²) in [5, 5.41) is 2.45. The van der Waals surface area contributed by atoms with Crippen molar-refractivity contribution in [2.24, 2.45) is 16.7 Å². The Labute approximate surface area is 181 Å². The lowest BCUT2D eigenvalue weighted by Gasteiger charge is -2.37. The first kappa shape index (κ1) is 19.4. The fourth-order valence-corrected chi connectivity index (χ4v) is 9.61. The van der Waals surface area contributed by atoms with Crippen molar-refractivity contribution in [3.8, 4) is 0 Å². The minimum Gasteiger partial charge on any atom is -0.272 e. The number of hydrogen-bond donors (Lipinski definition) is 0. The van der Waals surface area contributed by atoms with Crippen LogP contribution in [0.1, 0.15) is 60.7 Å². The molecule has 2 saturated heterocycles. The Morgan fingerprint density at radius 3 is 2.29 bits per heavy atom. The molecule has 1 aromatic rings. The van der Waals surface area contributed by atoms with Crippen molar-refractivity contribution in [1.29, 1.82) is 0 Å². The highest BCUT2D eigenvalue weighted by atomic mass is 32.2. The van der Waals surface area contributed by atoms with Gasteiger partial charge in [-0.3, -0.25) is 14.4 Å². The highest BCUT2D eigenvalue weighted by Crippen LogP contribution is 2.70. The molecule has 164 valence electrons. The third kappa shape index (κ3) is 2.09. The SMILES string of the molecule is C[C@H]1[C@H](C(=O)N2[C@@H]3C[C@H]4CC[C@]3(CS2(=O)=O)C4(C)C)N1N1C(=O)c2ccccc2C1=O. The van der Waals surface area contributed by atoms with Crippen molar-refractivity contribution in [3.05, 3.63) is 35.4 Å². The molecule has 6 rings (SSSR count). The quantitative estimate of drug-likeness (QED) is 0.509. The van der Waals surface area contributed by atoms with Crippen LogP contribution in [0.2, 0.25) is 0 Å². The summed E-state index contributed by atoms with van der Waals surface area (Å²) >= 11 is 0. The van der Waals surface area contributed by atoms with Crippen LogP contribution in [0.5, 0.6) is 0 Å². The van der Waals surface area contributed by atoms with E-state index in [2.05, 4.69) is 13.8 Å². The Hall–Kier alpha value is -2.26. The van der Waals surface area contributed by atoms with E-state index in [4.69, 9.17) is 0 Å². The van der Waals surface area contributed by atoms with E-state index in [0.29, 0.717) is 23.5 Å². The maximum absolute atomic E-state index is 13.6. The largest absolute Gasteiger partial charge is 0.276 e. The van der Waals surface area contributed by atoms with Crippen LogP contribution in [-0.2, 0) is 14.8 Å². The zero-order valence-corrected chi connectivity index (χ0v) is 18.6. The zero-order chi connectivity index (χ0) is 22.1. The summed E-state index contributed by atoms with van der Waals surface area (Å²) in [6.45, 7) is 6.02. The molecule has 1 spiro atoms. The Kier molecular flexibility index (Phi) is 3.48. The normalized spacial score (nSPS) is 40.9. The van der Waals surface area contributed by atoms with Gasteiger partial charge < -0.3 is 0 Å². The number of imide groups is 1. The molecule has 3 aliphatic heterocycles. The lowest BCUT2D eigenvalue weighted by Crippen LogP contribution is -2.47. The third-order valence-corrected chi connectivity index (χ3v) is 10.9. The van der Waals surface area contributed by atoms with Gasteiger partial charge in [0.2, 0.25) is 10.0 Å². The van der Waals surface area contributed by atoms with Gasteiger partial charge in [0.25, 0.3) is 17.7 Å². The van der Waals surface area contributed by atoms with Gasteiger partial charge in [0, 0.05) is 5.41 Å². The first-order valence-electron chi connectivity index (χ1n) is 10.8. The summed E-state index contributed by atoms with van der Waals surface area (Å²) in [7, 11) is -3.75.